The molecule has 0 radical (unpaired) electrons. The first-order valence-corrected chi connectivity index (χ1v) is 8.25. The Morgan fingerprint density at radius 1 is 1.30 bits per heavy atom. The average Bonchev–Trinajstić information content (AvgIpc) is 3.08. The molecule has 120 valence electrons. The van der Waals surface area contributed by atoms with Gasteiger partial charge in [0.1, 0.15) is 0 Å². The van der Waals surface area contributed by atoms with E-state index in [0.29, 0.717) is 12.5 Å². The molecule has 4 nitrogen and oxygen atoms in total. The Kier molecular flexibility index (Phi) is 5.03. The first-order valence-electron chi connectivity index (χ1n) is 8.25. The Labute approximate surface area is 137 Å². The molecule has 0 aliphatic carbocycles. The topological polar surface area (TPSA) is 54.0 Å². The van der Waals surface area contributed by atoms with Gasteiger partial charge in [0.2, 0.25) is 5.91 Å². The van der Waals surface area contributed by atoms with Crippen molar-refractivity contribution < 1.29 is 4.79 Å². The van der Waals surface area contributed by atoms with Gasteiger partial charge in [0.15, 0.2) is 0 Å². The van der Waals surface area contributed by atoms with Crippen LogP contribution >= 0.6 is 0 Å². The van der Waals surface area contributed by atoms with Crippen LogP contribution in [0.4, 0.5) is 0 Å². The van der Waals surface area contributed by atoms with Crippen LogP contribution < -0.4 is 10.6 Å². The summed E-state index contributed by atoms with van der Waals surface area (Å²) in [6, 6.07) is 12.6. The van der Waals surface area contributed by atoms with Crippen LogP contribution in [0, 0.1) is 0 Å². The van der Waals surface area contributed by atoms with Crippen molar-refractivity contribution in [2.75, 3.05) is 6.54 Å². The molecule has 2 unspecified atom stereocenters. The number of pyridine rings is 1. The van der Waals surface area contributed by atoms with E-state index in [-0.39, 0.29) is 11.9 Å². The molecule has 0 spiro atoms. The quantitative estimate of drug-likeness (QED) is 0.892. The molecule has 1 aliphatic heterocycles. The van der Waals surface area contributed by atoms with E-state index >= 15 is 0 Å². The maximum absolute atomic E-state index is 12.1. The van der Waals surface area contributed by atoms with Gasteiger partial charge in [-0.2, -0.15) is 0 Å². The zero-order valence-electron chi connectivity index (χ0n) is 13.5. The summed E-state index contributed by atoms with van der Waals surface area (Å²) in [7, 11) is 0. The van der Waals surface area contributed by atoms with Gasteiger partial charge < -0.3 is 10.6 Å². The van der Waals surface area contributed by atoms with Gasteiger partial charge in [-0.3, -0.25) is 9.78 Å². The summed E-state index contributed by atoms with van der Waals surface area (Å²) in [5.74, 6) is 0.119. The maximum atomic E-state index is 12.1. The van der Waals surface area contributed by atoms with Gasteiger partial charge in [-0.15, -0.1) is 0 Å². The highest BCUT2D eigenvalue weighted by Gasteiger charge is 2.18. The Bertz CT molecular complexity index is 633. The van der Waals surface area contributed by atoms with Crippen molar-refractivity contribution >= 4 is 5.91 Å². The van der Waals surface area contributed by atoms with Crippen molar-refractivity contribution in [3.05, 3.63) is 54.4 Å². The SMILES string of the molecule is CC(NC(=O)CC1CCCN1)c1ccc(-c2cccnc2)cc1. The van der Waals surface area contributed by atoms with Crippen molar-refractivity contribution in [2.24, 2.45) is 0 Å². The third-order valence-corrected chi connectivity index (χ3v) is 4.38. The number of benzene rings is 1. The Hall–Kier alpha value is -2.20. The molecule has 23 heavy (non-hydrogen) atoms. The molecule has 0 saturated carbocycles. The molecular weight excluding hydrogens is 286 g/mol. The third kappa shape index (κ3) is 4.17. The lowest BCUT2D eigenvalue weighted by Crippen LogP contribution is -2.33. The van der Waals surface area contributed by atoms with Gasteiger partial charge >= 0.3 is 0 Å². The Morgan fingerprint density at radius 3 is 2.78 bits per heavy atom. The zero-order chi connectivity index (χ0) is 16.1. The second-order valence-corrected chi connectivity index (χ2v) is 6.15. The first-order chi connectivity index (χ1) is 11.2. The molecule has 1 amide bonds. The zero-order valence-corrected chi connectivity index (χ0v) is 13.5. The fourth-order valence-electron chi connectivity index (χ4n) is 3.04. The summed E-state index contributed by atoms with van der Waals surface area (Å²) in [4.78, 5) is 16.3. The van der Waals surface area contributed by atoms with E-state index in [4.69, 9.17) is 0 Å². The highest BCUT2D eigenvalue weighted by molar-refractivity contribution is 5.77. The minimum atomic E-state index is 0.0202. The van der Waals surface area contributed by atoms with Gasteiger partial charge in [0, 0.05) is 24.9 Å². The molecule has 1 saturated heterocycles. The van der Waals surface area contributed by atoms with Crippen LogP contribution in [-0.2, 0) is 4.79 Å². The molecule has 3 rings (SSSR count). The number of nitrogens with zero attached hydrogens (tertiary/aromatic N) is 1. The summed E-state index contributed by atoms with van der Waals surface area (Å²) >= 11 is 0. The number of hydrogen-bond donors (Lipinski definition) is 2. The summed E-state index contributed by atoms with van der Waals surface area (Å²) in [6.45, 7) is 3.06. The van der Waals surface area contributed by atoms with E-state index in [1.165, 1.54) is 6.42 Å². The molecular formula is C19H23N3O. The van der Waals surface area contributed by atoms with Crippen LogP contribution in [0.3, 0.4) is 0 Å². The van der Waals surface area contributed by atoms with Crippen LogP contribution in [0.25, 0.3) is 11.1 Å². The van der Waals surface area contributed by atoms with Crippen molar-refractivity contribution in [3.63, 3.8) is 0 Å². The first kappa shape index (κ1) is 15.7. The van der Waals surface area contributed by atoms with Gasteiger partial charge in [0.25, 0.3) is 0 Å². The van der Waals surface area contributed by atoms with Crippen LogP contribution in [-0.4, -0.2) is 23.5 Å². The Morgan fingerprint density at radius 2 is 2.13 bits per heavy atom. The number of aromatic nitrogens is 1. The van der Waals surface area contributed by atoms with Crippen molar-refractivity contribution in [1.29, 1.82) is 0 Å². The van der Waals surface area contributed by atoms with E-state index in [1.807, 2.05) is 25.3 Å². The third-order valence-electron chi connectivity index (χ3n) is 4.38. The van der Waals surface area contributed by atoms with Crippen LogP contribution in [0.5, 0.6) is 0 Å². The van der Waals surface area contributed by atoms with Crippen molar-refractivity contribution in [2.45, 2.75) is 38.3 Å². The molecule has 1 aliphatic rings. The minimum absolute atomic E-state index is 0.0202. The van der Waals surface area contributed by atoms with Gasteiger partial charge in [-0.05, 0) is 49.1 Å². The highest BCUT2D eigenvalue weighted by atomic mass is 16.1. The van der Waals surface area contributed by atoms with Gasteiger partial charge in [0.05, 0.1) is 6.04 Å². The van der Waals surface area contributed by atoms with Crippen LogP contribution in [0.1, 0.15) is 37.8 Å². The van der Waals surface area contributed by atoms with Gasteiger partial charge in [-0.25, -0.2) is 0 Å². The molecule has 1 aromatic carbocycles. The minimum Gasteiger partial charge on any atom is -0.350 e. The molecule has 2 atom stereocenters. The molecule has 2 aromatic rings. The van der Waals surface area contributed by atoms with E-state index in [0.717, 1.165) is 29.7 Å². The molecule has 0 bridgehead atoms. The monoisotopic (exact) mass is 309 g/mol. The summed E-state index contributed by atoms with van der Waals surface area (Å²) in [5, 5.41) is 6.45. The number of nitrogens with one attached hydrogen (secondary N) is 2. The largest absolute Gasteiger partial charge is 0.350 e. The lowest BCUT2D eigenvalue weighted by atomic mass is 10.0. The van der Waals surface area contributed by atoms with Crippen LogP contribution in [0.15, 0.2) is 48.8 Å². The summed E-state index contributed by atoms with van der Waals surface area (Å²) in [5.41, 5.74) is 3.35. The fraction of sp³-hybridized carbons (Fsp3) is 0.368. The molecule has 4 heteroatoms. The number of carbonyl (C=O) groups excluding carboxylic acids is 1. The molecule has 1 fully saturated rings. The van der Waals surface area contributed by atoms with E-state index in [1.54, 1.807) is 6.20 Å². The second-order valence-electron chi connectivity index (χ2n) is 6.15. The maximum Gasteiger partial charge on any atom is 0.222 e. The number of rotatable bonds is 5. The number of hydrogen-bond acceptors (Lipinski definition) is 3. The van der Waals surface area contributed by atoms with Crippen LogP contribution in [0.2, 0.25) is 0 Å². The number of amides is 1. The lowest BCUT2D eigenvalue weighted by molar-refractivity contribution is -0.122. The normalized spacial score (nSPS) is 18.6. The highest BCUT2D eigenvalue weighted by Crippen LogP contribution is 2.21. The number of carbonyl (C=O) groups is 1. The predicted octanol–water partition coefficient (Wildman–Crippen LogP) is 3.07. The predicted molar refractivity (Wildman–Crippen MR) is 91.9 cm³/mol. The van der Waals surface area contributed by atoms with E-state index < -0.39 is 0 Å². The summed E-state index contributed by atoms with van der Waals surface area (Å²) in [6.07, 6.45) is 6.46. The van der Waals surface area contributed by atoms with Gasteiger partial charge in [-0.1, -0.05) is 30.3 Å². The standard InChI is InChI=1S/C19H23N3O/c1-14(22-19(23)12-18-5-3-11-21-18)15-6-8-16(9-7-15)17-4-2-10-20-13-17/h2,4,6-10,13-14,18,21H,3,5,11-12H2,1H3,(H,22,23). The fourth-order valence-corrected chi connectivity index (χ4v) is 3.04. The summed E-state index contributed by atoms with van der Waals surface area (Å²) < 4.78 is 0. The second kappa shape index (κ2) is 7.38. The smallest absolute Gasteiger partial charge is 0.222 e. The molecule has 2 N–H and O–H groups in total. The molecule has 2 heterocycles. The van der Waals surface area contributed by atoms with Crippen molar-refractivity contribution in [1.82, 2.24) is 15.6 Å². The molecule has 1 aromatic heterocycles. The van der Waals surface area contributed by atoms with E-state index in [9.17, 15) is 4.79 Å². The van der Waals surface area contributed by atoms with E-state index in [2.05, 4.69) is 39.9 Å². The lowest BCUT2D eigenvalue weighted by Gasteiger charge is -2.17. The Balaban J connectivity index is 1.59. The average molecular weight is 309 g/mol. The van der Waals surface area contributed by atoms with Crippen molar-refractivity contribution in [3.8, 4) is 11.1 Å².